The molecule has 1 heterocycles. The highest BCUT2D eigenvalue weighted by molar-refractivity contribution is 4.78. The lowest BCUT2D eigenvalue weighted by atomic mass is 10.1. The first-order valence-electron chi connectivity index (χ1n) is 7.45. The zero-order valence-electron chi connectivity index (χ0n) is 13.5. The van der Waals surface area contributed by atoms with Gasteiger partial charge in [0.1, 0.15) is 0 Å². The number of likely N-dealkylation sites (N-methyl/N-ethyl adjacent to an activating group) is 1. The van der Waals surface area contributed by atoms with E-state index in [9.17, 15) is 0 Å². The number of hydrogen-bond donors (Lipinski definition) is 1. The summed E-state index contributed by atoms with van der Waals surface area (Å²) in [6.07, 6.45) is 2.90. The summed E-state index contributed by atoms with van der Waals surface area (Å²) >= 11 is 0. The van der Waals surface area contributed by atoms with Crippen LogP contribution in [0.5, 0.6) is 0 Å². The Morgan fingerprint density at radius 2 is 1.89 bits per heavy atom. The van der Waals surface area contributed by atoms with Crippen molar-refractivity contribution in [3.05, 3.63) is 0 Å². The quantitative estimate of drug-likeness (QED) is 0.731. The second-order valence-corrected chi connectivity index (χ2v) is 6.74. The first-order valence-corrected chi connectivity index (χ1v) is 7.45. The van der Waals surface area contributed by atoms with Crippen LogP contribution in [-0.4, -0.2) is 62.5 Å². The Labute approximate surface area is 118 Å². The van der Waals surface area contributed by atoms with Gasteiger partial charge in [-0.25, -0.2) is 0 Å². The van der Waals surface area contributed by atoms with E-state index in [2.05, 4.69) is 52.0 Å². The molecule has 0 saturated carbocycles. The fourth-order valence-electron chi connectivity index (χ4n) is 1.99. The van der Waals surface area contributed by atoms with Crippen molar-refractivity contribution in [1.29, 1.82) is 0 Å². The molecule has 1 aliphatic heterocycles. The lowest BCUT2D eigenvalue weighted by molar-refractivity contribution is -0.0378. The van der Waals surface area contributed by atoms with Crippen LogP contribution in [0.15, 0.2) is 0 Å². The number of nitrogens with zero attached hydrogens (tertiary/aromatic N) is 1. The summed E-state index contributed by atoms with van der Waals surface area (Å²) in [4.78, 5) is 2.19. The van der Waals surface area contributed by atoms with E-state index in [0.29, 0.717) is 12.1 Å². The topological polar surface area (TPSA) is 33.7 Å². The fourth-order valence-corrected chi connectivity index (χ4v) is 1.99. The number of ether oxygens (including phenoxy) is 2. The molecule has 0 aromatic rings. The molecule has 1 rings (SSSR count). The third-order valence-corrected chi connectivity index (χ3v) is 3.92. The Morgan fingerprint density at radius 1 is 1.26 bits per heavy atom. The standard InChI is InChI=1S/C15H32N2O2/c1-12(2)16-9-13-7-8-14(19-13)10-18-11-15(3,4)17(5)6/h12-14,16H,7-11H2,1-6H3. The van der Waals surface area contributed by atoms with Gasteiger partial charge in [-0.1, -0.05) is 13.8 Å². The van der Waals surface area contributed by atoms with Crippen LogP contribution in [0.3, 0.4) is 0 Å². The molecule has 2 unspecified atom stereocenters. The third kappa shape index (κ3) is 6.21. The van der Waals surface area contributed by atoms with Gasteiger partial charge in [-0.05, 0) is 40.8 Å². The molecular formula is C15H32N2O2. The van der Waals surface area contributed by atoms with E-state index >= 15 is 0 Å². The smallest absolute Gasteiger partial charge is 0.0813 e. The van der Waals surface area contributed by atoms with Gasteiger partial charge < -0.3 is 19.7 Å². The minimum absolute atomic E-state index is 0.0806. The Morgan fingerprint density at radius 3 is 2.47 bits per heavy atom. The molecule has 2 atom stereocenters. The SMILES string of the molecule is CC(C)NCC1CCC(COCC(C)(C)N(C)C)O1. The van der Waals surface area contributed by atoms with Gasteiger partial charge >= 0.3 is 0 Å². The maximum Gasteiger partial charge on any atom is 0.0813 e. The molecule has 0 aromatic carbocycles. The van der Waals surface area contributed by atoms with Crippen LogP contribution < -0.4 is 5.32 Å². The van der Waals surface area contributed by atoms with E-state index in [1.807, 2.05) is 0 Å². The van der Waals surface area contributed by atoms with E-state index in [1.165, 1.54) is 0 Å². The summed E-state index contributed by atoms with van der Waals surface area (Å²) in [6.45, 7) is 11.1. The van der Waals surface area contributed by atoms with E-state index in [-0.39, 0.29) is 11.6 Å². The molecule has 4 nitrogen and oxygen atoms in total. The monoisotopic (exact) mass is 272 g/mol. The van der Waals surface area contributed by atoms with Crippen molar-refractivity contribution in [2.75, 3.05) is 33.9 Å². The van der Waals surface area contributed by atoms with Crippen molar-refractivity contribution in [1.82, 2.24) is 10.2 Å². The van der Waals surface area contributed by atoms with Gasteiger partial charge in [-0.2, -0.15) is 0 Å². The molecule has 0 amide bonds. The van der Waals surface area contributed by atoms with Gasteiger partial charge in [-0.3, -0.25) is 0 Å². The van der Waals surface area contributed by atoms with Crippen LogP contribution in [0.2, 0.25) is 0 Å². The Balaban J connectivity index is 2.15. The second kappa shape index (κ2) is 7.58. The van der Waals surface area contributed by atoms with Gasteiger partial charge in [-0.15, -0.1) is 0 Å². The van der Waals surface area contributed by atoms with Gasteiger partial charge in [0.25, 0.3) is 0 Å². The summed E-state index contributed by atoms with van der Waals surface area (Å²) < 4.78 is 11.8. The van der Waals surface area contributed by atoms with Gasteiger partial charge in [0.05, 0.1) is 25.4 Å². The molecule has 1 fully saturated rings. The van der Waals surface area contributed by atoms with Gasteiger partial charge in [0.2, 0.25) is 0 Å². The highest BCUT2D eigenvalue weighted by Gasteiger charge is 2.26. The van der Waals surface area contributed by atoms with Crippen LogP contribution in [0.25, 0.3) is 0 Å². The molecule has 4 heteroatoms. The highest BCUT2D eigenvalue weighted by Crippen LogP contribution is 2.20. The summed E-state index contributed by atoms with van der Waals surface area (Å²) in [5.74, 6) is 0. The molecule has 1 saturated heterocycles. The number of rotatable bonds is 8. The summed E-state index contributed by atoms with van der Waals surface area (Å²) in [7, 11) is 4.17. The van der Waals surface area contributed by atoms with Crippen molar-refractivity contribution in [2.24, 2.45) is 0 Å². The third-order valence-electron chi connectivity index (χ3n) is 3.92. The molecule has 0 aromatic heterocycles. The van der Waals surface area contributed by atoms with Crippen LogP contribution in [-0.2, 0) is 9.47 Å². The van der Waals surface area contributed by atoms with Crippen LogP contribution in [0.4, 0.5) is 0 Å². The lowest BCUT2D eigenvalue weighted by Gasteiger charge is -2.32. The predicted molar refractivity (Wildman–Crippen MR) is 79.6 cm³/mol. The first kappa shape index (κ1) is 16.9. The van der Waals surface area contributed by atoms with Crippen LogP contribution in [0.1, 0.15) is 40.5 Å². The van der Waals surface area contributed by atoms with Crippen LogP contribution >= 0.6 is 0 Å². The molecule has 0 aliphatic carbocycles. The normalized spacial score (nSPS) is 24.6. The number of hydrogen-bond acceptors (Lipinski definition) is 4. The summed E-state index contributed by atoms with van der Waals surface area (Å²) in [5.41, 5.74) is 0.0806. The zero-order chi connectivity index (χ0) is 14.5. The van der Waals surface area contributed by atoms with Crippen molar-refractivity contribution >= 4 is 0 Å². The average Bonchev–Trinajstić information content (AvgIpc) is 2.74. The average molecular weight is 272 g/mol. The van der Waals surface area contributed by atoms with E-state index in [0.717, 1.165) is 32.6 Å². The van der Waals surface area contributed by atoms with E-state index in [1.54, 1.807) is 0 Å². The molecule has 19 heavy (non-hydrogen) atoms. The summed E-state index contributed by atoms with van der Waals surface area (Å²) in [5, 5.41) is 3.43. The minimum atomic E-state index is 0.0806. The Kier molecular flexibility index (Phi) is 6.74. The second-order valence-electron chi connectivity index (χ2n) is 6.74. The van der Waals surface area contributed by atoms with E-state index in [4.69, 9.17) is 9.47 Å². The Hall–Kier alpha value is -0.160. The molecule has 0 radical (unpaired) electrons. The zero-order valence-corrected chi connectivity index (χ0v) is 13.5. The largest absolute Gasteiger partial charge is 0.377 e. The first-order chi connectivity index (χ1) is 8.81. The molecule has 0 bridgehead atoms. The predicted octanol–water partition coefficient (Wildman–Crippen LogP) is 1.89. The van der Waals surface area contributed by atoms with Crippen molar-refractivity contribution < 1.29 is 9.47 Å². The minimum Gasteiger partial charge on any atom is -0.377 e. The van der Waals surface area contributed by atoms with Crippen molar-refractivity contribution in [3.8, 4) is 0 Å². The molecule has 1 aliphatic rings. The van der Waals surface area contributed by atoms with Crippen molar-refractivity contribution in [2.45, 2.75) is 64.3 Å². The van der Waals surface area contributed by atoms with Crippen molar-refractivity contribution in [3.63, 3.8) is 0 Å². The maximum absolute atomic E-state index is 5.99. The lowest BCUT2D eigenvalue weighted by Crippen LogP contribution is -2.43. The number of nitrogens with one attached hydrogen (secondary N) is 1. The summed E-state index contributed by atoms with van der Waals surface area (Å²) in [6, 6.07) is 0.528. The maximum atomic E-state index is 5.99. The Bertz CT molecular complexity index is 255. The highest BCUT2D eigenvalue weighted by atomic mass is 16.5. The molecular weight excluding hydrogens is 240 g/mol. The molecule has 0 spiro atoms. The molecule has 114 valence electrons. The van der Waals surface area contributed by atoms with Gasteiger partial charge in [0, 0.05) is 18.1 Å². The van der Waals surface area contributed by atoms with Gasteiger partial charge in [0.15, 0.2) is 0 Å². The van der Waals surface area contributed by atoms with E-state index < -0.39 is 0 Å². The molecule has 1 N–H and O–H groups in total. The van der Waals surface area contributed by atoms with Crippen LogP contribution in [0, 0.1) is 0 Å². The fraction of sp³-hybridized carbons (Fsp3) is 1.00.